The molecule has 6 unspecified atom stereocenters. The zero-order chi connectivity index (χ0) is 46.1. The van der Waals surface area contributed by atoms with Crippen molar-refractivity contribution in [1.82, 2.24) is 14.7 Å². The SMILES string of the molecule is CCC(CC(C)(C)OCCC(C)(C)COC(=O)CCN1CC1C)(CC(C)(C)OCCC(C)(C)OC(=O)CCN1CC1C)CC(C)(C)OCCC(C)(C)OC(=O)CCN1CC1C. The van der Waals surface area contributed by atoms with Gasteiger partial charge < -0.3 is 28.4 Å². The first kappa shape index (κ1) is 53.5. The Morgan fingerprint density at radius 1 is 0.492 bits per heavy atom. The molecule has 12 heteroatoms. The number of hydrogen-bond donors (Lipinski definition) is 0. The van der Waals surface area contributed by atoms with Crippen molar-refractivity contribution in [2.75, 3.05) is 65.7 Å². The molecule has 0 radical (unpaired) electrons. The standard InChI is InChI=1S/C49H91N3O9/c1-17-49(34-47(13,14)58-28-22-44(7,8)60-41(54)19-25-51-31-38(51)3,35-48(15,16)59-29-23-45(9,10)61-42(55)20-26-52-32-39(52)4)33-46(11,12)57-27-21-43(5,6)36-56-40(53)18-24-50-30-37(50)2/h37-39H,17-36H2,1-16H3. The first-order valence-electron chi connectivity index (χ1n) is 23.7. The van der Waals surface area contributed by atoms with Crippen LogP contribution in [0, 0.1) is 10.8 Å². The van der Waals surface area contributed by atoms with Crippen molar-refractivity contribution in [3.05, 3.63) is 0 Å². The van der Waals surface area contributed by atoms with Crippen LogP contribution in [0.3, 0.4) is 0 Å². The number of ether oxygens (including phenoxy) is 6. The highest BCUT2D eigenvalue weighted by Gasteiger charge is 2.45. The van der Waals surface area contributed by atoms with Crippen molar-refractivity contribution in [1.29, 1.82) is 0 Å². The van der Waals surface area contributed by atoms with Crippen LogP contribution < -0.4 is 0 Å². The Labute approximate surface area is 372 Å². The van der Waals surface area contributed by atoms with Gasteiger partial charge in [-0.25, -0.2) is 0 Å². The zero-order valence-corrected chi connectivity index (χ0v) is 41.9. The fraction of sp³-hybridized carbons (Fsp3) is 0.939. The van der Waals surface area contributed by atoms with E-state index in [0.29, 0.717) is 76.7 Å². The molecule has 3 fully saturated rings. The fourth-order valence-electron chi connectivity index (χ4n) is 8.93. The lowest BCUT2D eigenvalue weighted by atomic mass is 9.65. The van der Waals surface area contributed by atoms with Gasteiger partial charge in [0.05, 0.1) is 55.9 Å². The van der Waals surface area contributed by atoms with Crippen molar-refractivity contribution in [2.24, 2.45) is 10.8 Å². The molecular weight excluding hydrogens is 775 g/mol. The number of hydrogen-bond acceptors (Lipinski definition) is 12. The summed E-state index contributed by atoms with van der Waals surface area (Å²) in [5.74, 6) is -0.469. The molecule has 0 N–H and O–H groups in total. The molecule has 3 aliphatic rings. The van der Waals surface area contributed by atoms with Crippen LogP contribution in [0.15, 0.2) is 0 Å². The smallest absolute Gasteiger partial charge is 0.307 e. The van der Waals surface area contributed by atoms with Crippen LogP contribution in [0.25, 0.3) is 0 Å². The largest absolute Gasteiger partial charge is 0.465 e. The summed E-state index contributed by atoms with van der Waals surface area (Å²) in [5.41, 5.74) is -3.20. The average Bonchev–Trinajstić information content (AvgIpc) is 4.06. The first-order chi connectivity index (χ1) is 28.0. The van der Waals surface area contributed by atoms with E-state index in [9.17, 15) is 14.4 Å². The summed E-state index contributed by atoms with van der Waals surface area (Å²) in [5, 5.41) is 0. The van der Waals surface area contributed by atoms with Crippen molar-refractivity contribution in [3.8, 4) is 0 Å². The summed E-state index contributed by atoms with van der Waals surface area (Å²) in [6.07, 6.45) is 6.35. The predicted octanol–water partition coefficient (Wildman–Crippen LogP) is 8.60. The normalized spacial score (nSPS) is 24.2. The highest BCUT2D eigenvalue weighted by molar-refractivity contribution is 5.70. The molecular formula is C49H91N3O9. The van der Waals surface area contributed by atoms with E-state index in [1.165, 1.54) is 0 Å². The molecule has 0 aromatic heterocycles. The van der Waals surface area contributed by atoms with Gasteiger partial charge in [-0.05, 0) is 121 Å². The third-order valence-electron chi connectivity index (χ3n) is 13.0. The number of carbonyl (C=O) groups excluding carboxylic acids is 3. The van der Waals surface area contributed by atoms with Gasteiger partial charge in [-0.15, -0.1) is 0 Å². The molecule has 61 heavy (non-hydrogen) atoms. The van der Waals surface area contributed by atoms with E-state index in [2.05, 4.69) is 97.8 Å². The minimum atomic E-state index is -0.638. The summed E-state index contributed by atoms with van der Waals surface area (Å²) >= 11 is 0. The molecule has 0 aromatic rings. The van der Waals surface area contributed by atoms with E-state index in [0.717, 1.165) is 71.4 Å². The maximum absolute atomic E-state index is 12.7. The second-order valence-corrected chi connectivity index (χ2v) is 23.0. The molecule has 3 heterocycles. The van der Waals surface area contributed by atoms with Crippen LogP contribution >= 0.6 is 0 Å². The average molecular weight is 866 g/mol. The molecule has 0 amide bonds. The second-order valence-electron chi connectivity index (χ2n) is 23.0. The van der Waals surface area contributed by atoms with Crippen molar-refractivity contribution in [2.45, 2.75) is 221 Å². The summed E-state index contributed by atoms with van der Waals surface area (Å²) in [7, 11) is 0. The molecule has 356 valence electrons. The van der Waals surface area contributed by atoms with Crippen LogP contribution in [0.2, 0.25) is 0 Å². The van der Waals surface area contributed by atoms with Crippen LogP contribution in [-0.2, 0) is 42.8 Å². The first-order valence-corrected chi connectivity index (χ1v) is 23.7. The van der Waals surface area contributed by atoms with Gasteiger partial charge in [-0.3, -0.25) is 29.1 Å². The highest BCUT2D eigenvalue weighted by Crippen LogP contribution is 2.48. The zero-order valence-electron chi connectivity index (χ0n) is 41.9. The lowest BCUT2D eigenvalue weighted by Crippen LogP contribution is -2.45. The van der Waals surface area contributed by atoms with Gasteiger partial charge in [-0.2, -0.15) is 0 Å². The van der Waals surface area contributed by atoms with Gasteiger partial charge in [0.1, 0.15) is 11.2 Å². The molecule has 0 aromatic carbocycles. The molecule has 6 atom stereocenters. The Morgan fingerprint density at radius 3 is 1.11 bits per heavy atom. The Bertz CT molecular complexity index is 1340. The molecule has 0 spiro atoms. The topological polar surface area (TPSA) is 116 Å². The molecule has 12 nitrogen and oxygen atoms in total. The van der Waals surface area contributed by atoms with Gasteiger partial charge in [0.15, 0.2) is 0 Å². The second kappa shape index (κ2) is 21.9. The van der Waals surface area contributed by atoms with Crippen LogP contribution in [0.5, 0.6) is 0 Å². The van der Waals surface area contributed by atoms with Crippen molar-refractivity contribution in [3.63, 3.8) is 0 Å². The van der Waals surface area contributed by atoms with Crippen LogP contribution in [-0.4, -0.2) is 144 Å². The third-order valence-corrected chi connectivity index (χ3v) is 13.0. The van der Waals surface area contributed by atoms with Crippen LogP contribution in [0.1, 0.15) is 175 Å². The Hall–Kier alpha value is -1.83. The number of esters is 3. The Kier molecular flexibility index (Phi) is 19.2. The molecule has 0 bridgehead atoms. The van der Waals surface area contributed by atoms with E-state index in [4.69, 9.17) is 28.4 Å². The van der Waals surface area contributed by atoms with Gasteiger partial charge in [0, 0.05) is 82.3 Å². The summed E-state index contributed by atoms with van der Waals surface area (Å²) in [6, 6.07) is 1.70. The van der Waals surface area contributed by atoms with Gasteiger partial charge in [-0.1, -0.05) is 27.2 Å². The van der Waals surface area contributed by atoms with Crippen LogP contribution in [0.4, 0.5) is 0 Å². The molecule has 0 saturated carbocycles. The van der Waals surface area contributed by atoms with Gasteiger partial charge in [0.2, 0.25) is 0 Å². The molecule has 3 rings (SSSR count). The molecule has 0 aliphatic carbocycles. The minimum Gasteiger partial charge on any atom is -0.465 e. The van der Waals surface area contributed by atoms with E-state index in [1.54, 1.807) is 0 Å². The minimum absolute atomic E-state index is 0.140. The Morgan fingerprint density at radius 2 is 0.803 bits per heavy atom. The summed E-state index contributed by atoms with van der Waals surface area (Å²) in [4.78, 5) is 44.6. The van der Waals surface area contributed by atoms with Crippen molar-refractivity contribution >= 4 is 17.9 Å². The fourth-order valence-corrected chi connectivity index (χ4v) is 8.93. The summed E-state index contributed by atoms with van der Waals surface area (Å²) in [6.45, 7) is 41.1. The monoisotopic (exact) mass is 866 g/mol. The quantitative estimate of drug-likeness (QED) is 0.0367. The third kappa shape index (κ3) is 21.6. The molecule has 3 saturated heterocycles. The predicted molar refractivity (Wildman–Crippen MR) is 243 cm³/mol. The van der Waals surface area contributed by atoms with E-state index < -0.39 is 28.0 Å². The van der Waals surface area contributed by atoms with Crippen molar-refractivity contribution < 1.29 is 42.8 Å². The van der Waals surface area contributed by atoms with Gasteiger partial charge in [0.25, 0.3) is 0 Å². The lowest BCUT2D eigenvalue weighted by Gasteiger charge is -2.47. The highest BCUT2D eigenvalue weighted by atomic mass is 16.6. The number of carbonyl (C=O) groups is 3. The van der Waals surface area contributed by atoms with Gasteiger partial charge >= 0.3 is 17.9 Å². The van der Waals surface area contributed by atoms with E-state index in [-0.39, 0.29) is 28.7 Å². The maximum Gasteiger partial charge on any atom is 0.307 e. The lowest BCUT2D eigenvalue weighted by molar-refractivity contribution is -0.160. The molecule has 3 aliphatic heterocycles. The van der Waals surface area contributed by atoms with E-state index in [1.807, 2.05) is 27.7 Å². The number of nitrogens with zero attached hydrogens (tertiary/aromatic N) is 3. The Balaban J connectivity index is 1.63. The number of rotatable bonds is 32. The van der Waals surface area contributed by atoms with E-state index >= 15 is 0 Å². The summed E-state index contributed by atoms with van der Waals surface area (Å²) < 4.78 is 37.7. The maximum atomic E-state index is 12.7.